The van der Waals surface area contributed by atoms with Gasteiger partial charge < -0.3 is 0 Å². The first kappa shape index (κ1) is 11.3. The SMILES string of the molecule is Cc1ccc(-c2ccnc(CC#N)n2)cc1C. The average molecular weight is 223 g/mol. The minimum Gasteiger partial charge on any atom is -0.240 e. The molecular weight excluding hydrogens is 210 g/mol. The van der Waals surface area contributed by atoms with Crippen LogP contribution in [0.4, 0.5) is 0 Å². The zero-order chi connectivity index (χ0) is 12.3. The molecule has 0 aliphatic heterocycles. The largest absolute Gasteiger partial charge is 0.240 e. The molecule has 0 spiro atoms. The second kappa shape index (κ2) is 4.75. The second-order valence-corrected chi connectivity index (χ2v) is 3.99. The van der Waals surface area contributed by atoms with Crippen LogP contribution in [-0.2, 0) is 6.42 Å². The molecule has 0 unspecified atom stereocenters. The first-order valence-corrected chi connectivity index (χ1v) is 5.47. The van der Waals surface area contributed by atoms with Crippen LogP contribution in [0.5, 0.6) is 0 Å². The fourth-order valence-electron chi connectivity index (χ4n) is 1.62. The summed E-state index contributed by atoms with van der Waals surface area (Å²) < 4.78 is 0. The van der Waals surface area contributed by atoms with Crippen molar-refractivity contribution in [1.82, 2.24) is 9.97 Å². The summed E-state index contributed by atoms with van der Waals surface area (Å²) in [6.07, 6.45) is 1.95. The number of nitriles is 1. The number of nitrogens with zero attached hydrogens (tertiary/aromatic N) is 3. The number of aryl methyl sites for hydroxylation is 2. The third-order valence-electron chi connectivity index (χ3n) is 2.75. The Hall–Kier alpha value is -2.21. The summed E-state index contributed by atoms with van der Waals surface area (Å²) in [7, 11) is 0. The summed E-state index contributed by atoms with van der Waals surface area (Å²) in [6.45, 7) is 4.16. The molecule has 3 nitrogen and oxygen atoms in total. The Bertz CT molecular complexity index is 582. The van der Waals surface area contributed by atoms with Crippen LogP contribution >= 0.6 is 0 Å². The van der Waals surface area contributed by atoms with Crippen molar-refractivity contribution in [1.29, 1.82) is 5.26 Å². The molecular formula is C14H13N3. The van der Waals surface area contributed by atoms with E-state index in [2.05, 4.69) is 42.0 Å². The van der Waals surface area contributed by atoms with Crippen molar-refractivity contribution < 1.29 is 0 Å². The van der Waals surface area contributed by atoms with Crippen molar-refractivity contribution in [2.75, 3.05) is 0 Å². The molecule has 1 aromatic heterocycles. The van der Waals surface area contributed by atoms with Gasteiger partial charge in [0, 0.05) is 11.8 Å². The molecule has 0 bridgehead atoms. The van der Waals surface area contributed by atoms with Gasteiger partial charge >= 0.3 is 0 Å². The summed E-state index contributed by atoms with van der Waals surface area (Å²) in [5.41, 5.74) is 4.44. The van der Waals surface area contributed by atoms with Crippen LogP contribution in [0.1, 0.15) is 17.0 Å². The summed E-state index contributed by atoms with van der Waals surface area (Å²) in [4.78, 5) is 8.43. The Kier molecular flexibility index (Phi) is 3.15. The van der Waals surface area contributed by atoms with Crippen LogP contribution in [0, 0.1) is 25.2 Å². The van der Waals surface area contributed by atoms with E-state index < -0.39 is 0 Å². The van der Waals surface area contributed by atoms with E-state index in [0.717, 1.165) is 11.3 Å². The highest BCUT2D eigenvalue weighted by molar-refractivity contribution is 5.60. The van der Waals surface area contributed by atoms with Crippen molar-refractivity contribution in [3.05, 3.63) is 47.4 Å². The molecule has 0 fully saturated rings. The number of rotatable bonds is 2. The zero-order valence-electron chi connectivity index (χ0n) is 9.94. The highest BCUT2D eigenvalue weighted by Crippen LogP contribution is 2.19. The smallest absolute Gasteiger partial charge is 0.142 e. The van der Waals surface area contributed by atoms with Crippen LogP contribution in [0.3, 0.4) is 0 Å². The topological polar surface area (TPSA) is 49.6 Å². The quantitative estimate of drug-likeness (QED) is 0.786. The molecule has 1 heterocycles. The van der Waals surface area contributed by atoms with Gasteiger partial charge in [-0.05, 0) is 37.1 Å². The van der Waals surface area contributed by atoms with E-state index in [9.17, 15) is 0 Å². The molecule has 0 saturated carbocycles. The molecule has 17 heavy (non-hydrogen) atoms. The Morgan fingerprint density at radius 1 is 1.18 bits per heavy atom. The molecule has 2 aromatic rings. The van der Waals surface area contributed by atoms with E-state index in [1.807, 2.05) is 12.1 Å². The van der Waals surface area contributed by atoms with E-state index in [-0.39, 0.29) is 6.42 Å². The van der Waals surface area contributed by atoms with E-state index >= 15 is 0 Å². The Balaban J connectivity index is 2.42. The van der Waals surface area contributed by atoms with Gasteiger partial charge in [-0.1, -0.05) is 12.1 Å². The van der Waals surface area contributed by atoms with E-state index in [1.54, 1.807) is 6.20 Å². The molecule has 0 N–H and O–H groups in total. The standard InChI is InChI=1S/C14H13N3/c1-10-3-4-12(9-11(10)2)13-6-8-16-14(17-13)5-7-15/h3-4,6,8-9H,5H2,1-2H3. The van der Waals surface area contributed by atoms with E-state index in [0.29, 0.717) is 5.82 Å². The molecule has 84 valence electrons. The molecule has 0 amide bonds. The van der Waals surface area contributed by atoms with Crippen molar-refractivity contribution in [2.45, 2.75) is 20.3 Å². The van der Waals surface area contributed by atoms with E-state index in [4.69, 9.17) is 5.26 Å². The van der Waals surface area contributed by atoms with Crippen molar-refractivity contribution in [2.24, 2.45) is 0 Å². The molecule has 1 aromatic carbocycles. The van der Waals surface area contributed by atoms with Gasteiger partial charge in [0.25, 0.3) is 0 Å². The minimum atomic E-state index is 0.249. The van der Waals surface area contributed by atoms with E-state index in [1.165, 1.54) is 11.1 Å². The summed E-state index contributed by atoms with van der Waals surface area (Å²) >= 11 is 0. The van der Waals surface area contributed by atoms with Crippen molar-refractivity contribution in [3.8, 4) is 17.3 Å². The van der Waals surface area contributed by atoms with Gasteiger partial charge in [-0.3, -0.25) is 0 Å². The molecule has 0 aliphatic carbocycles. The first-order chi connectivity index (χ1) is 8.20. The fraction of sp³-hybridized carbons (Fsp3) is 0.214. The maximum atomic E-state index is 8.63. The van der Waals surface area contributed by atoms with Crippen LogP contribution in [0.15, 0.2) is 30.5 Å². The van der Waals surface area contributed by atoms with Crippen molar-refractivity contribution >= 4 is 0 Å². The third-order valence-corrected chi connectivity index (χ3v) is 2.75. The molecule has 0 radical (unpaired) electrons. The van der Waals surface area contributed by atoms with Gasteiger partial charge in [0.15, 0.2) is 0 Å². The van der Waals surface area contributed by atoms with Crippen molar-refractivity contribution in [3.63, 3.8) is 0 Å². The summed E-state index contributed by atoms with van der Waals surface area (Å²) in [5.74, 6) is 0.572. The highest BCUT2D eigenvalue weighted by Gasteiger charge is 2.03. The lowest BCUT2D eigenvalue weighted by Crippen LogP contribution is -1.95. The second-order valence-electron chi connectivity index (χ2n) is 3.99. The molecule has 0 atom stereocenters. The monoisotopic (exact) mass is 223 g/mol. The molecule has 2 rings (SSSR count). The van der Waals surface area contributed by atoms with Crippen LogP contribution in [0.2, 0.25) is 0 Å². The number of hydrogen-bond acceptors (Lipinski definition) is 3. The lowest BCUT2D eigenvalue weighted by atomic mass is 10.0. The summed E-state index contributed by atoms with van der Waals surface area (Å²) in [6, 6.07) is 10.2. The van der Waals surface area contributed by atoms with Gasteiger partial charge in [0.1, 0.15) is 5.82 Å². The van der Waals surface area contributed by atoms with Gasteiger partial charge in [-0.25, -0.2) is 9.97 Å². The van der Waals surface area contributed by atoms with Gasteiger partial charge in [-0.2, -0.15) is 5.26 Å². The lowest BCUT2D eigenvalue weighted by Gasteiger charge is -2.05. The van der Waals surface area contributed by atoms with Crippen LogP contribution in [0.25, 0.3) is 11.3 Å². The Labute approximate surface area is 101 Å². The Morgan fingerprint density at radius 2 is 2.00 bits per heavy atom. The van der Waals surface area contributed by atoms with Gasteiger partial charge in [0.05, 0.1) is 18.2 Å². The molecule has 0 aliphatic rings. The maximum Gasteiger partial charge on any atom is 0.142 e. The minimum absolute atomic E-state index is 0.249. The lowest BCUT2D eigenvalue weighted by molar-refractivity contribution is 0.999. The number of aromatic nitrogens is 2. The first-order valence-electron chi connectivity index (χ1n) is 5.47. The zero-order valence-corrected chi connectivity index (χ0v) is 9.94. The van der Waals surface area contributed by atoms with Crippen LogP contribution in [-0.4, -0.2) is 9.97 Å². The third kappa shape index (κ3) is 2.48. The number of hydrogen-bond donors (Lipinski definition) is 0. The normalized spacial score (nSPS) is 9.94. The predicted octanol–water partition coefficient (Wildman–Crippen LogP) is 2.83. The highest BCUT2D eigenvalue weighted by atomic mass is 14.9. The maximum absolute atomic E-state index is 8.63. The summed E-state index contributed by atoms with van der Waals surface area (Å²) in [5, 5.41) is 8.63. The molecule has 0 saturated heterocycles. The average Bonchev–Trinajstić information content (AvgIpc) is 2.33. The molecule has 3 heteroatoms. The Morgan fingerprint density at radius 3 is 2.71 bits per heavy atom. The fourth-order valence-corrected chi connectivity index (χ4v) is 1.62. The predicted molar refractivity (Wildman–Crippen MR) is 66.3 cm³/mol. The number of benzene rings is 1. The van der Waals surface area contributed by atoms with Gasteiger partial charge in [-0.15, -0.1) is 0 Å². The van der Waals surface area contributed by atoms with Gasteiger partial charge in [0.2, 0.25) is 0 Å². The van der Waals surface area contributed by atoms with Crippen LogP contribution < -0.4 is 0 Å².